The van der Waals surface area contributed by atoms with E-state index in [0.717, 1.165) is 5.56 Å². The zero-order valence-electron chi connectivity index (χ0n) is 11.1. The zero-order chi connectivity index (χ0) is 13.9. The lowest BCUT2D eigenvalue weighted by Crippen LogP contribution is -2.25. The summed E-state index contributed by atoms with van der Waals surface area (Å²) in [6.45, 7) is 1.94. The van der Waals surface area contributed by atoms with Gasteiger partial charge in [-0.2, -0.15) is 0 Å². The van der Waals surface area contributed by atoms with Crippen molar-refractivity contribution < 1.29 is 9.84 Å². The number of ether oxygens (including phenoxy) is 1. The van der Waals surface area contributed by atoms with Crippen LogP contribution >= 0.6 is 0 Å². The van der Waals surface area contributed by atoms with E-state index in [4.69, 9.17) is 11.2 Å². The summed E-state index contributed by atoms with van der Waals surface area (Å²) in [5, 5.41) is 10.8. The van der Waals surface area contributed by atoms with Gasteiger partial charge in [0.2, 0.25) is 0 Å². The number of aryl methyl sites for hydroxylation is 1. The van der Waals surface area contributed by atoms with E-state index in [1.165, 1.54) is 0 Å². The minimum absolute atomic E-state index is 0.637. The molecule has 1 N–H and O–H groups in total. The Bertz CT molecular complexity index is 611. The fraction of sp³-hybridized carbons (Fsp3) is 0.176. The lowest BCUT2D eigenvalue weighted by atomic mass is 9.91. The van der Waals surface area contributed by atoms with E-state index in [2.05, 4.69) is 5.92 Å². The fourth-order valence-electron chi connectivity index (χ4n) is 2.09. The third kappa shape index (κ3) is 2.47. The molecule has 0 aromatic heterocycles. The summed E-state index contributed by atoms with van der Waals surface area (Å²) < 4.78 is 5.23. The maximum Gasteiger partial charge on any atom is 0.176 e. The third-order valence-electron chi connectivity index (χ3n) is 3.10. The quantitative estimate of drug-likeness (QED) is 0.674. The molecule has 1 atom stereocenters. The van der Waals surface area contributed by atoms with Crippen molar-refractivity contribution in [3.8, 4) is 18.1 Å². The Morgan fingerprint density at radius 1 is 1.11 bits per heavy atom. The van der Waals surface area contributed by atoms with Gasteiger partial charge >= 0.3 is 0 Å². The molecule has 1 unspecified atom stereocenters. The van der Waals surface area contributed by atoms with Crippen LogP contribution in [0.2, 0.25) is 0 Å². The SMILES string of the molecule is COc1cc(C)cc(C(O)([13C]#[13CH])c2ccccc2)c1. The van der Waals surface area contributed by atoms with Crippen molar-refractivity contribution >= 4 is 0 Å². The Morgan fingerprint density at radius 2 is 1.79 bits per heavy atom. The van der Waals surface area contributed by atoms with Gasteiger partial charge in [0.25, 0.3) is 0 Å². The predicted octanol–water partition coefficient (Wildman–Crippen LogP) is 2.87. The second-order valence-electron chi connectivity index (χ2n) is 4.46. The van der Waals surface area contributed by atoms with Crippen molar-refractivity contribution in [2.24, 2.45) is 0 Å². The van der Waals surface area contributed by atoms with Gasteiger partial charge in [-0.05, 0) is 24.6 Å². The van der Waals surface area contributed by atoms with Crippen LogP contribution in [0.5, 0.6) is 5.75 Å². The largest absolute Gasteiger partial charge is 0.497 e. The summed E-state index contributed by atoms with van der Waals surface area (Å²) >= 11 is 0. The van der Waals surface area contributed by atoms with Gasteiger partial charge < -0.3 is 9.84 Å². The molecule has 0 aliphatic carbocycles. The van der Waals surface area contributed by atoms with E-state index in [1.807, 2.05) is 49.4 Å². The summed E-state index contributed by atoms with van der Waals surface area (Å²) in [4.78, 5) is 0. The van der Waals surface area contributed by atoms with Crippen LogP contribution in [0.15, 0.2) is 48.5 Å². The molecule has 2 rings (SSSR count). The summed E-state index contributed by atoms with van der Waals surface area (Å²) in [5.74, 6) is 3.17. The lowest BCUT2D eigenvalue weighted by molar-refractivity contribution is 0.145. The predicted molar refractivity (Wildman–Crippen MR) is 76.0 cm³/mol. The van der Waals surface area contributed by atoms with Gasteiger partial charge in [0.1, 0.15) is 5.75 Å². The summed E-state index contributed by atoms with van der Waals surface area (Å²) in [7, 11) is 1.59. The van der Waals surface area contributed by atoms with Crippen LogP contribution in [0, 0.1) is 19.3 Å². The van der Waals surface area contributed by atoms with Gasteiger partial charge in [0.15, 0.2) is 5.60 Å². The number of terminal acetylenes is 1. The highest BCUT2D eigenvalue weighted by Gasteiger charge is 2.29. The summed E-state index contributed by atoms with van der Waals surface area (Å²) in [5.41, 5.74) is 0.850. The normalized spacial score (nSPS) is 13.4. The Labute approximate surface area is 113 Å². The Hall–Kier alpha value is -2.24. The van der Waals surface area contributed by atoms with Crippen LogP contribution in [-0.2, 0) is 5.60 Å². The van der Waals surface area contributed by atoms with Gasteiger partial charge in [0, 0.05) is 11.1 Å². The van der Waals surface area contributed by atoms with Crippen LogP contribution < -0.4 is 4.74 Å². The second-order valence-corrected chi connectivity index (χ2v) is 4.46. The monoisotopic (exact) mass is 254 g/mol. The minimum Gasteiger partial charge on any atom is -0.497 e. The standard InChI is InChI=1S/C17H16O2/c1-4-17(18,14-8-6-5-7-9-14)15-10-13(2)11-16(12-15)19-3/h1,5-12,18H,2-3H3/i1+1,4+1. The molecule has 0 heterocycles. The van der Waals surface area contributed by atoms with Crippen LogP contribution in [0.25, 0.3) is 0 Å². The Morgan fingerprint density at radius 3 is 2.37 bits per heavy atom. The molecular weight excluding hydrogens is 238 g/mol. The average molecular weight is 254 g/mol. The van der Waals surface area contributed by atoms with Gasteiger partial charge in [-0.1, -0.05) is 42.3 Å². The van der Waals surface area contributed by atoms with E-state index < -0.39 is 5.60 Å². The number of hydrogen-bond donors (Lipinski definition) is 1. The third-order valence-corrected chi connectivity index (χ3v) is 3.10. The van der Waals surface area contributed by atoms with E-state index in [-0.39, 0.29) is 0 Å². The van der Waals surface area contributed by atoms with Gasteiger partial charge in [-0.25, -0.2) is 0 Å². The molecule has 0 fully saturated rings. The van der Waals surface area contributed by atoms with Gasteiger partial charge in [0.05, 0.1) is 7.11 Å². The first-order valence-corrected chi connectivity index (χ1v) is 6.02. The number of methoxy groups -OCH3 is 1. The molecule has 2 nitrogen and oxygen atoms in total. The molecule has 96 valence electrons. The highest BCUT2D eigenvalue weighted by atomic mass is 16.5. The van der Waals surface area contributed by atoms with Crippen LogP contribution in [-0.4, -0.2) is 12.2 Å². The number of rotatable bonds is 3. The average Bonchev–Trinajstić information content (AvgIpc) is 2.46. The molecule has 2 aromatic rings. The van der Waals surface area contributed by atoms with Crippen molar-refractivity contribution in [2.75, 3.05) is 7.11 Å². The molecule has 0 radical (unpaired) electrons. The van der Waals surface area contributed by atoms with Crippen molar-refractivity contribution in [1.29, 1.82) is 0 Å². The van der Waals surface area contributed by atoms with E-state index in [9.17, 15) is 5.11 Å². The minimum atomic E-state index is -1.44. The summed E-state index contributed by atoms with van der Waals surface area (Å²) in [6, 6.07) is 14.7. The van der Waals surface area contributed by atoms with E-state index >= 15 is 0 Å². The fourth-order valence-corrected chi connectivity index (χ4v) is 2.09. The van der Waals surface area contributed by atoms with Crippen molar-refractivity contribution in [1.82, 2.24) is 0 Å². The molecule has 0 saturated carbocycles. The van der Waals surface area contributed by atoms with Crippen molar-refractivity contribution in [2.45, 2.75) is 12.5 Å². The second kappa shape index (κ2) is 5.17. The topological polar surface area (TPSA) is 29.5 Å². The molecule has 0 aliphatic heterocycles. The maximum atomic E-state index is 10.8. The molecular formula is C17H16O2. The molecule has 0 spiro atoms. The smallest absolute Gasteiger partial charge is 0.176 e. The molecule has 2 heteroatoms. The van der Waals surface area contributed by atoms with Gasteiger partial charge in [-0.3, -0.25) is 0 Å². The van der Waals surface area contributed by atoms with Crippen LogP contribution in [0.3, 0.4) is 0 Å². The maximum absolute atomic E-state index is 10.8. The Balaban J connectivity index is 2.60. The van der Waals surface area contributed by atoms with E-state index in [0.29, 0.717) is 16.9 Å². The molecule has 0 saturated heterocycles. The number of hydrogen-bond acceptors (Lipinski definition) is 2. The molecule has 2 aromatic carbocycles. The van der Waals surface area contributed by atoms with Crippen molar-refractivity contribution in [3.63, 3.8) is 0 Å². The summed E-state index contributed by atoms with van der Waals surface area (Å²) in [6.07, 6.45) is 5.57. The highest BCUT2D eigenvalue weighted by molar-refractivity contribution is 5.47. The van der Waals surface area contributed by atoms with Crippen LogP contribution in [0.4, 0.5) is 0 Å². The highest BCUT2D eigenvalue weighted by Crippen LogP contribution is 2.31. The Kier molecular flexibility index (Phi) is 3.59. The first kappa shape index (κ1) is 13.2. The zero-order valence-corrected chi connectivity index (χ0v) is 11.1. The van der Waals surface area contributed by atoms with E-state index in [1.54, 1.807) is 13.2 Å². The lowest BCUT2D eigenvalue weighted by Gasteiger charge is -2.24. The first-order chi connectivity index (χ1) is 9.10. The molecule has 19 heavy (non-hydrogen) atoms. The number of benzene rings is 2. The molecule has 0 amide bonds. The van der Waals surface area contributed by atoms with Crippen molar-refractivity contribution in [3.05, 3.63) is 65.2 Å². The van der Waals surface area contributed by atoms with Gasteiger partial charge in [-0.15, -0.1) is 6.42 Å². The number of aliphatic hydroxyl groups is 1. The molecule has 0 aliphatic rings. The molecule has 0 bridgehead atoms. The van der Waals surface area contributed by atoms with Crippen LogP contribution in [0.1, 0.15) is 16.7 Å². The first-order valence-electron chi connectivity index (χ1n) is 6.02.